The highest BCUT2D eigenvalue weighted by Crippen LogP contribution is 2.29. The molecule has 0 atom stereocenters. The molecule has 0 unspecified atom stereocenters. The van der Waals surface area contributed by atoms with E-state index < -0.39 is 18.5 Å². The van der Waals surface area contributed by atoms with Crippen LogP contribution in [0.2, 0.25) is 0 Å². The predicted molar refractivity (Wildman–Crippen MR) is 107 cm³/mol. The molecule has 1 aromatic carbocycles. The maximum absolute atomic E-state index is 14.6. The fraction of sp³-hybridized carbons (Fsp3) is 0.524. The van der Waals surface area contributed by atoms with Gasteiger partial charge in [-0.2, -0.15) is 13.2 Å². The van der Waals surface area contributed by atoms with Crippen molar-refractivity contribution in [3.05, 3.63) is 58.9 Å². The third-order valence-corrected chi connectivity index (χ3v) is 6.16. The van der Waals surface area contributed by atoms with E-state index in [1.807, 2.05) is 24.3 Å². The first kappa shape index (κ1) is 21.4. The molecule has 1 N–H and O–H groups in total. The Morgan fingerprint density at radius 1 is 1.14 bits per heavy atom. The van der Waals surface area contributed by atoms with Gasteiger partial charge < -0.3 is 5.32 Å². The van der Waals surface area contributed by atoms with Crippen molar-refractivity contribution in [1.82, 2.24) is 9.62 Å². The Morgan fingerprint density at radius 2 is 1.93 bits per heavy atom. The zero-order chi connectivity index (χ0) is 20.0. The number of halogens is 4. The third-order valence-electron chi connectivity index (χ3n) is 5.08. The van der Waals surface area contributed by atoms with Crippen LogP contribution < -0.4 is 5.32 Å². The first-order valence-electron chi connectivity index (χ1n) is 9.70. The van der Waals surface area contributed by atoms with Crippen LogP contribution in [0, 0.1) is 5.82 Å². The molecule has 154 valence electrons. The molecule has 1 aliphatic heterocycles. The monoisotopic (exact) mass is 414 g/mol. The number of allylic oxidation sites excluding steroid dienone is 3. The SMILES string of the molecule is Fc1cc(C2CCNCC2)ccc1CN(CC(F)(F)F)SCC1=CCCC=C1. The van der Waals surface area contributed by atoms with Gasteiger partial charge in [0.15, 0.2) is 0 Å². The van der Waals surface area contributed by atoms with Crippen molar-refractivity contribution >= 4 is 11.9 Å². The van der Waals surface area contributed by atoms with Crippen LogP contribution >= 0.6 is 11.9 Å². The normalized spacial score (nSPS) is 18.5. The fourth-order valence-corrected chi connectivity index (χ4v) is 4.59. The molecule has 1 aliphatic carbocycles. The maximum atomic E-state index is 14.6. The smallest absolute Gasteiger partial charge is 0.317 e. The summed E-state index contributed by atoms with van der Waals surface area (Å²) in [6.45, 7) is 0.687. The van der Waals surface area contributed by atoms with Crippen LogP contribution in [-0.2, 0) is 6.54 Å². The fourth-order valence-electron chi connectivity index (χ4n) is 3.58. The lowest BCUT2D eigenvalue weighted by atomic mass is 9.89. The van der Waals surface area contributed by atoms with Crippen LogP contribution in [0.5, 0.6) is 0 Å². The molecule has 1 fully saturated rings. The summed E-state index contributed by atoms with van der Waals surface area (Å²) in [5, 5.41) is 3.28. The van der Waals surface area contributed by atoms with Gasteiger partial charge in [-0.05, 0) is 61.9 Å². The Bertz CT molecular complexity index is 709. The minimum Gasteiger partial charge on any atom is -0.317 e. The summed E-state index contributed by atoms with van der Waals surface area (Å²) in [4.78, 5) is 0. The van der Waals surface area contributed by atoms with E-state index in [9.17, 15) is 17.6 Å². The van der Waals surface area contributed by atoms with E-state index in [0.717, 1.165) is 61.9 Å². The van der Waals surface area contributed by atoms with Crippen LogP contribution in [0.15, 0.2) is 42.0 Å². The molecule has 28 heavy (non-hydrogen) atoms. The number of nitrogens with one attached hydrogen (secondary N) is 1. The van der Waals surface area contributed by atoms with E-state index in [0.29, 0.717) is 17.2 Å². The minimum atomic E-state index is -4.32. The molecule has 1 aromatic rings. The van der Waals surface area contributed by atoms with Crippen molar-refractivity contribution in [1.29, 1.82) is 0 Å². The van der Waals surface area contributed by atoms with Crippen molar-refractivity contribution in [3.63, 3.8) is 0 Å². The molecule has 0 radical (unpaired) electrons. The van der Waals surface area contributed by atoms with Gasteiger partial charge in [0, 0.05) is 17.9 Å². The van der Waals surface area contributed by atoms with Crippen molar-refractivity contribution in [2.75, 3.05) is 25.4 Å². The van der Waals surface area contributed by atoms with Crippen molar-refractivity contribution in [2.24, 2.45) is 0 Å². The van der Waals surface area contributed by atoms with Crippen LogP contribution in [0.3, 0.4) is 0 Å². The zero-order valence-corrected chi connectivity index (χ0v) is 16.6. The van der Waals surface area contributed by atoms with E-state index in [4.69, 9.17) is 0 Å². The maximum Gasteiger partial charge on any atom is 0.402 e. The highest BCUT2D eigenvalue weighted by atomic mass is 32.2. The summed E-state index contributed by atoms with van der Waals surface area (Å²) in [5.41, 5.74) is 2.27. The molecule has 1 heterocycles. The largest absolute Gasteiger partial charge is 0.402 e. The Morgan fingerprint density at radius 3 is 2.57 bits per heavy atom. The highest BCUT2D eigenvalue weighted by molar-refractivity contribution is 7.97. The highest BCUT2D eigenvalue weighted by Gasteiger charge is 2.31. The predicted octanol–water partition coefficient (Wildman–Crippen LogP) is 5.58. The van der Waals surface area contributed by atoms with Gasteiger partial charge in [-0.1, -0.05) is 42.3 Å². The standard InChI is InChI=1S/C21H26F4N2S/c22-20-12-18(17-8-10-26-11-9-17)6-7-19(20)13-27(15-21(23,24)25)28-14-16-4-2-1-3-5-16/h2,4-7,12,17,26H,1,3,8-11,13-15H2. The number of rotatable bonds is 7. The van der Waals surface area contributed by atoms with E-state index >= 15 is 0 Å². The molecule has 0 bridgehead atoms. The van der Waals surface area contributed by atoms with Crippen molar-refractivity contribution in [2.45, 2.75) is 44.3 Å². The molecule has 0 amide bonds. The Hall–Kier alpha value is -1.31. The average Bonchev–Trinajstić information content (AvgIpc) is 2.68. The number of alkyl halides is 3. The second-order valence-corrected chi connectivity index (χ2v) is 8.38. The quantitative estimate of drug-likeness (QED) is 0.463. The van der Waals surface area contributed by atoms with Gasteiger partial charge in [0.1, 0.15) is 12.4 Å². The van der Waals surface area contributed by atoms with Gasteiger partial charge in [0.05, 0.1) is 0 Å². The first-order chi connectivity index (χ1) is 13.4. The second-order valence-electron chi connectivity index (χ2n) is 7.32. The van der Waals surface area contributed by atoms with Crippen LogP contribution in [0.1, 0.15) is 42.7 Å². The van der Waals surface area contributed by atoms with Gasteiger partial charge in [-0.3, -0.25) is 0 Å². The molecule has 1 saturated heterocycles. The molecular weight excluding hydrogens is 388 g/mol. The van der Waals surface area contributed by atoms with Gasteiger partial charge in [-0.15, -0.1) is 0 Å². The molecule has 2 nitrogen and oxygen atoms in total. The van der Waals surface area contributed by atoms with Gasteiger partial charge >= 0.3 is 6.18 Å². The van der Waals surface area contributed by atoms with E-state index in [-0.39, 0.29) is 6.54 Å². The number of hydrogen-bond acceptors (Lipinski definition) is 3. The second kappa shape index (κ2) is 9.94. The van der Waals surface area contributed by atoms with E-state index in [1.54, 1.807) is 6.07 Å². The summed E-state index contributed by atoms with van der Waals surface area (Å²) in [6.07, 6.45) is 5.50. The Kier molecular flexibility index (Phi) is 7.60. The number of hydrogen-bond donors (Lipinski definition) is 1. The van der Waals surface area contributed by atoms with Crippen LogP contribution in [0.25, 0.3) is 0 Å². The summed E-state index contributed by atoms with van der Waals surface area (Å²) >= 11 is 1.11. The van der Waals surface area contributed by atoms with Gasteiger partial charge in [0.2, 0.25) is 0 Å². The summed E-state index contributed by atoms with van der Waals surface area (Å²) in [6, 6.07) is 5.03. The number of nitrogens with zero attached hydrogens (tertiary/aromatic N) is 1. The first-order valence-corrected chi connectivity index (χ1v) is 10.6. The summed E-state index contributed by atoms with van der Waals surface area (Å²) in [5.74, 6) is 0.359. The lowest BCUT2D eigenvalue weighted by molar-refractivity contribution is -0.135. The van der Waals surface area contributed by atoms with Gasteiger partial charge in [0.25, 0.3) is 0 Å². The van der Waals surface area contributed by atoms with E-state index in [2.05, 4.69) is 5.32 Å². The zero-order valence-electron chi connectivity index (χ0n) is 15.8. The van der Waals surface area contributed by atoms with Crippen LogP contribution in [-0.4, -0.2) is 35.9 Å². The Labute approximate surface area is 168 Å². The molecule has 3 rings (SSSR count). The van der Waals surface area contributed by atoms with Crippen molar-refractivity contribution < 1.29 is 17.6 Å². The summed E-state index contributed by atoms with van der Waals surface area (Å²) < 4.78 is 54.8. The lowest BCUT2D eigenvalue weighted by Crippen LogP contribution is -2.30. The molecular formula is C21H26F4N2S. The lowest BCUT2D eigenvalue weighted by Gasteiger charge is -2.25. The van der Waals surface area contributed by atoms with Gasteiger partial charge in [-0.25, -0.2) is 8.70 Å². The number of piperidine rings is 1. The molecule has 0 saturated carbocycles. The molecule has 0 aromatic heterocycles. The Balaban J connectivity index is 1.66. The third kappa shape index (κ3) is 6.64. The minimum absolute atomic E-state index is 0.0699. The van der Waals surface area contributed by atoms with Crippen molar-refractivity contribution in [3.8, 4) is 0 Å². The van der Waals surface area contributed by atoms with E-state index in [1.165, 1.54) is 10.4 Å². The molecule has 2 aliphatic rings. The van der Waals surface area contributed by atoms with Crippen LogP contribution in [0.4, 0.5) is 17.6 Å². The number of benzene rings is 1. The molecule has 7 heteroatoms. The topological polar surface area (TPSA) is 15.3 Å². The average molecular weight is 415 g/mol. The summed E-state index contributed by atoms with van der Waals surface area (Å²) in [7, 11) is 0. The molecule has 0 spiro atoms.